The van der Waals surface area contributed by atoms with E-state index < -0.39 is 23.7 Å². The molecule has 0 saturated heterocycles. The monoisotopic (exact) mass is 384 g/mol. The normalized spacial score (nSPS) is 12.1. The molecule has 146 valence electrons. The van der Waals surface area contributed by atoms with E-state index >= 15 is 0 Å². The molecule has 0 aliphatic rings. The topological polar surface area (TPSA) is 70.3 Å². The summed E-state index contributed by atoms with van der Waals surface area (Å²) in [6.45, 7) is 3.67. The van der Waals surface area contributed by atoms with Crippen LogP contribution in [0.15, 0.2) is 53.3 Å². The van der Waals surface area contributed by atoms with Crippen molar-refractivity contribution in [2.75, 3.05) is 0 Å². The summed E-state index contributed by atoms with van der Waals surface area (Å²) in [4.78, 5) is 37.4. The summed E-state index contributed by atoms with van der Waals surface area (Å²) in [7, 11) is 0. The fraction of sp³-hybridized carbons (Fsp3) is 0.286. The maximum absolute atomic E-state index is 13.0. The van der Waals surface area contributed by atoms with Crippen LogP contribution in [-0.4, -0.2) is 27.0 Å². The highest BCUT2D eigenvalue weighted by molar-refractivity contribution is 6.00. The number of rotatable bonds is 7. The van der Waals surface area contributed by atoms with E-state index in [1.165, 1.54) is 35.8 Å². The van der Waals surface area contributed by atoms with Crippen LogP contribution < -0.4 is 5.69 Å². The van der Waals surface area contributed by atoms with Crippen LogP contribution in [0.1, 0.15) is 30.6 Å². The molecular weight excluding hydrogens is 363 g/mol. The summed E-state index contributed by atoms with van der Waals surface area (Å²) in [6, 6.07) is 12.2. The summed E-state index contributed by atoms with van der Waals surface area (Å²) in [6.07, 6.45) is -0.265. The van der Waals surface area contributed by atoms with Crippen LogP contribution in [0.25, 0.3) is 11.0 Å². The number of hydrogen-bond acceptors (Lipinski definition) is 4. The molecule has 0 N–H and O–H groups in total. The van der Waals surface area contributed by atoms with Crippen molar-refractivity contribution in [3.05, 3.63) is 70.4 Å². The molecule has 1 atom stereocenters. The summed E-state index contributed by atoms with van der Waals surface area (Å²) < 4.78 is 21.2. The molecule has 0 bridgehead atoms. The highest BCUT2D eigenvalue weighted by Gasteiger charge is 2.21. The Hall–Kier alpha value is -3.22. The molecule has 1 heterocycles. The molecule has 0 saturated carbocycles. The van der Waals surface area contributed by atoms with Crippen molar-refractivity contribution >= 4 is 22.8 Å². The van der Waals surface area contributed by atoms with Crippen molar-refractivity contribution in [1.29, 1.82) is 0 Å². The zero-order chi connectivity index (χ0) is 20.3. The number of halogens is 1. The molecule has 0 radical (unpaired) electrons. The average Bonchev–Trinajstić information content (AvgIpc) is 2.94. The Morgan fingerprint density at radius 3 is 2.25 bits per heavy atom. The number of aryl methyl sites for hydroxylation is 1. The molecule has 0 spiro atoms. The number of esters is 1. The molecule has 28 heavy (non-hydrogen) atoms. The van der Waals surface area contributed by atoms with E-state index in [9.17, 15) is 18.8 Å². The molecule has 1 unspecified atom stereocenters. The number of Topliss-reactive ketones (excluding diaryl/α,β-unsaturated/α-hetero) is 1. The third kappa shape index (κ3) is 3.88. The first kappa shape index (κ1) is 19.5. The molecule has 7 heteroatoms. The zero-order valence-corrected chi connectivity index (χ0v) is 15.7. The summed E-state index contributed by atoms with van der Waals surface area (Å²) in [5.74, 6) is -1.58. The second kappa shape index (κ2) is 8.21. The lowest BCUT2D eigenvalue weighted by atomic mass is 10.1. The van der Waals surface area contributed by atoms with E-state index in [1.54, 1.807) is 16.7 Å². The third-order valence-electron chi connectivity index (χ3n) is 4.47. The van der Waals surface area contributed by atoms with Gasteiger partial charge in [0, 0.05) is 12.1 Å². The number of carbonyl (C=O) groups excluding carboxylic acids is 2. The quantitative estimate of drug-likeness (QED) is 0.463. The second-order valence-corrected chi connectivity index (χ2v) is 6.51. The standard InChI is InChI=1S/C21H21FN2O4/c1-3-12-23-17-6-4-5-7-18(17)24(21(23)27)13-19(25)28-14(2)20(26)15-8-10-16(22)11-9-15/h4-11,14H,3,12-13H2,1-2H3. The van der Waals surface area contributed by atoms with Gasteiger partial charge in [0.05, 0.1) is 11.0 Å². The van der Waals surface area contributed by atoms with E-state index in [0.717, 1.165) is 11.9 Å². The average molecular weight is 384 g/mol. The first-order valence-electron chi connectivity index (χ1n) is 9.09. The Labute approximate surface area is 161 Å². The molecular formula is C21H21FN2O4. The molecule has 0 aliphatic carbocycles. The van der Waals surface area contributed by atoms with Gasteiger partial charge < -0.3 is 4.74 Å². The maximum Gasteiger partial charge on any atom is 0.329 e. The van der Waals surface area contributed by atoms with E-state index in [4.69, 9.17) is 4.74 Å². The second-order valence-electron chi connectivity index (χ2n) is 6.51. The lowest BCUT2D eigenvalue weighted by Crippen LogP contribution is -2.31. The summed E-state index contributed by atoms with van der Waals surface area (Å²) in [5.41, 5.74) is 1.34. The number of nitrogens with zero attached hydrogens (tertiary/aromatic N) is 2. The highest BCUT2D eigenvalue weighted by atomic mass is 19.1. The van der Waals surface area contributed by atoms with Gasteiger partial charge in [-0.05, 0) is 49.7 Å². The Morgan fingerprint density at radius 2 is 1.64 bits per heavy atom. The third-order valence-corrected chi connectivity index (χ3v) is 4.47. The maximum atomic E-state index is 13.0. The van der Waals surface area contributed by atoms with Crippen molar-refractivity contribution in [2.45, 2.75) is 39.5 Å². The number of para-hydroxylation sites is 2. The van der Waals surface area contributed by atoms with Crippen LogP contribution in [0.3, 0.4) is 0 Å². The predicted octanol–water partition coefficient (Wildman–Crippen LogP) is 3.17. The van der Waals surface area contributed by atoms with Gasteiger partial charge >= 0.3 is 11.7 Å². The van der Waals surface area contributed by atoms with Gasteiger partial charge in [0.25, 0.3) is 0 Å². The SMILES string of the molecule is CCCn1c(=O)n(CC(=O)OC(C)C(=O)c2ccc(F)cc2)c2ccccc21. The Balaban J connectivity index is 1.78. The van der Waals surface area contributed by atoms with E-state index in [2.05, 4.69) is 0 Å². The largest absolute Gasteiger partial charge is 0.453 e. The number of aromatic nitrogens is 2. The van der Waals surface area contributed by atoms with E-state index in [1.807, 2.05) is 19.1 Å². The van der Waals surface area contributed by atoms with Gasteiger partial charge in [0.1, 0.15) is 12.4 Å². The number of hydrogen-bond donors (Lipinski definition) is 0. The van der Waals surface area contributed by atoms with Gasteiger partial charge in [-0.1, -0.05) is 19.1 Å². The lowest BCUT2D eigenvalue weighted by Gasteiger charge is -2.12. The first-order chi connectivity index (χ1) is 13.4. The van der Waals surface area contributed by atoms with Crippen molar-refractivity contribution in [2.24, 2.45) is 0 Å². The Kier molecular flexibility index (Phi) is 5.73. The van der Waals surface area contributed by atoms with Crippen LogP contribution in [0.5, 0.6) is 0 Å². The van der Waals surface area contributed by atoms with Crippen molar-refractivity contribution in [3.63, 3.8) is 0 Å². The van der Waals surface area contributed by atoms with Crippen LogP contribution in [-0.2, 0) is 22.6 Å². The molecule has 6 nitrogen and oxygen atoms in total. The molecule has 0 fully saturated rings. The van der Waals surface area contributed by atoms with Crippen molar-refractivity contribution in [1.82, 2.24) is 9.13 Å². The van der Waals surface area contributed by atoms with Crippen LogP contribution in [0, 0.1) is 5.82 Å². The number of carbonyl (C=O) groups is 2. The van der Waals surface area contributed by atoms with Gasteiger partial charge in [-0.25, -0.2) is 9.18 Å². The predicted molar refractivity (Wildman–Crippen MR) is 103 cm³/mol. The zero-order valence-electron chi connectivity index (χ0n) is 15.7. The molecule has 0 amide bonds. The minimum absolute atomic E-state index is 0.249. The van der Waals surface area contributed by atoms with Gasteiger partial charge in [-0.3, -0.25) is 18.7 Å². The molecule has 2 aromatic carbocycles. The van der Waals surface area contributed by atoms with E-state index in [-0.39, 0.29) is 17.8 Å². The Morgan fingerprint density at radius 1 is 1.04 bits per heavy atom. The summed E-state index contributed by atoms with van der Waals surface area (Å²) >= 11 is 0. The van der Waals surface area contributed by atoms with Gasteiger partial charge in [-0.2, -0.15) is 0 Å². The van der Waals surface area contributed by atoms with Crippen LogP contribution in [0.2, 0.25) is 0 Å². The fourth-order valence-electron chi connectivity index (χ4n) is 3.13. The molecule has 1 aromatic heterocycles. The minimum atomic E-state index is -1.04. The highest BCUT2D eigenvalue weighted by Crippen LogP contribution is 2.14. The Bertz CT molecular complexity index is 1070. The molecule has 0 aliphatic heterocycles. The smallest absolute Gasteiger partial charge is 0.329 e. The molecule has 3 aromatic rings. The fourth-order valence-corrected chi connectivity index (χ4v) is 3.13. The van der Waals surface area contributed by atoms with Gasteiger partial charge in [0.15, 0.2) is 6.10 Å². The number of benzene rings is 2. The number of ketones is 1. The van der Waals surface area contributed by atoms with Crippen molar-refractivity contribution < 1.29 is 18.7 Å². The van der Waals surface area contributed by atoms with Gasteiger partial charge in [-0.15, -0.1) is 0 Å². The number of imidazole rings is 1. The minimum Gasteiger partial charge on any atom is -0.453 e. The summed E-state index contributed by atoms with van der Waals surface area (Å²) in [5, 5.41) is 0. The number of ether oxygens (including phenoxy) is 1. The molecule has 3 rings (SSSR count). The van der Waals surface area contributed by atoms with Crippen LogP contribution >= 0.6 is 0 Å². The van der Waals surface area contributed by atoms with Crippen molar-refractivity contribution in [3.8, 4) is 0 Å². The van der Waals surface area contributed by atoms with Gasteiger partial charge in [0.2, 0.25) is 5.78 Å². The first-order valence-corrected chi connectivity index (χ1v) is 9.09. The lowest BCUT2D eigenvalue weighted by molar-refractivity contribution is -0.147. The van der Waals surface area contributed by atoms with Crippen LogP contribution in [0.4, 0.5) is 4.39 Å². The van der Waals surface area contributed by atoms with E-state index in [0.29, 0.717) is 12.1 Å². The number of fused-ring (bicyclic) bond motifs is 1.